The maximum atomic E-state index is 14.8. The molecule has 4 heterocycles. The number of ether oxygens (including phenoxy) is 3. The predicted molar refractivity (Wildman–Crippen MR) is 207 cm³/mol. The Kier molecular flexibility index (Phi) is 10.6. The van der Waals surface area contributed by atoms with Crippen LogP contribution in [0.5, 0.6) is 11.5 Å². The predicted octanol–water partition coefficient (Wildman–Crippen LogP) is 5.01. The summed E-state index contributed by atoms with van der Waals surface area (Å²) < 4.78 is 83.4. The number of carbonyl (C=O) groups excluding carboxylic acids is 4. The number of halogens is 3. The summed E-state index contributed by atoms with van der Waals surface area (Å²) in [6, 6.07) is 1.43. The summed E-state index contributed by atoms with van der Waals surface area (Å²) >= 11 is 0. The van der Waals surface area contributed by atoms with Crippen molar-refractivity contribution >= 4 is 44.7 Å². The Hall–Kier alpha value is -5.05. The third-order valence-corrected chi connectivity index (χ3v) is 13.8. The molecule has 1 saturated heterocycles. The molecule has 2 fully saturated rings. The Morgan fingerprint density at radius 1 is 1.10 bits per heavy atom. The number of benzene rings is 1. The lowest BCUT2D eigenvalue weighted by Gasteiger charge is -2.38. The standard InChI is InChI=1S/C41H48F3N5O9S/c1-24-32-27(28-21-26(56-41(42,43)44)13-14-29(28)45-24)16-17-39(57-32)22-31-33(50)47-40(35(52)48-59(54,55)38(5)19-20-38)18-15-25(40)11-9-7-6-8-10-12-30(34(51)49(31)23-39)46-36(53)58-37(2,3)4/h9,11,13-14,21,25,30-31H,6-8,10,12,16-17,19-20,22-23H2,1-5H3,(H,46,53)(H,47,50)(H,48,52)/b11-9-/t25-,30+,31+,39-,40-/m1/s1. The number of sulfonamides is 1. The smallest absolute Gasteiger partial charge is 0.483 e. The lowest BCUT2D eigenvalue weighted by Crippen LogP contribution is -2.68. The first-order valence-corrected chi connectivity index (χ1v) is 21.3. The van der Waals surface area contributed by atoms with Crippen LogP contribution in [-0.4, -0.2) is 88.6 Å². The van der Waals surface area contributed by atoms with Crippen LogP contribution >= 0.6 is 0 Å². The Balaban J connectivity index is 1.26. The van der Waals surface area contributed by atoms with E-state index >= 15 is 0 Å². The quantitative estimate of drug-likeness (QED) is 0.274. The van der Waals surface area contributed by atoms with E-state index in [1.165, 1.54) is 30.0 Å². The SMILES string of the molecule is Cc1nc2ccc(OC(F)(F)F)cc2c2c1O[C@]1(CC2)C[C@H]2C(=O)N[C@]3(C(=O)NS(=O)(=O)C4(C)CC4)C#C[C@H]3/C=C\CCCCC[C@H](NC(=O)OC(C)(C)C)C(=O)N2C1. The van der Waals surface area contributed by atoms with Crippen molar-refractivity contribution in [3.05, 3.63) is 41.6 Å². The second kappa shape index (κ2) is 14.9. The highest BCUT2D eigenvalue weighted by atomic mass is 32.2. The molecule has 5 aliphatic rings. The summed E-state index contributed by atoms with van der Waals surface area (Å²) in [6.07, 6.45) is 1.56. The highest BCUT2D eigenvalue weighted by molar-refractivity contribution is 7.91. The van der Waals surface area contributed by atoms with E-state index in [2.05, 4.69) is 36.9 Å². The molecule has 2 aliphatic carbocycles. The molecule has 0 bridgehead atoms. The fourth-order valence-electron chi connectivity index (χ4n) is 8.13. The van der Waals surface area contributed by atoms with Crippen LogP contribution in [-0.2, 0) is 35.6 Å². The highest BCUT2D eigenvalue weighted by Crippen LogP contribution is 2.46. The van der Waals surface area contributed by atoms with Crippen LogP contribution in [0.25, 0.3) is 10.9 Å². The lowest BCUT2D eigenvalue weighted by atomic mass is 9.75. The zero-order valence-corrected chi connectivity index (χ0v) is 34.3. The Morgan fingerprint density at radius 3 is 2.51 bits per heavy atom. The van der Waals surface area contributed by atoms with Gasteiger partial charge in [-0.15, -0.1) is 13.2 Å². The van der Waals surface area contributed by atoms with Crippen molar-refractivity contribution in [3.63, 3.8) is 0 Å². The van der Waals surface area contributed by atoms with Crippen LogP contribution in [0.1, 0.15) is 96.7 Å². The number of allylic oxidation sites excluding steroid dienone is 1. The van der Waals surface area contributed by atoms with E-state index in [9.17, 15) is 40.8 Å². The van der Waals surface area contributed by atoms with Gasteiger partial charge in [-0.2, -0.15) is 0 Å². The molecule has 14 nitrogen and oxygen atoms in total. The molecule has 0 radical (unpaired) electrons. The van der Waals surface area contributed by atoms with Gasteiger partial charge in [-0.1, -0.05) is 36.8 Å². The van der Waals surface area contributed by atoms with E-state index in [0.717, 1.165) is 0 Å². The number of hydrogen-bond donors (Lipinski definition) is 3. The van der Waals surface area contributed by atoms with Gasteiger partial charge in [0.25, 0.3) is 5.91 Å². The summed E-state index contributed by atoms with van der Waals surface area (Å²) in [5.74, 6) is 2.20. The van der Waals surface area contributed by atoms with Crippen LogP contribution in [0.15, 0.2) is 30.4 Å². The summed E-state index contributed by atoms with van der Waals surface area (Å²) in [5.41, 5.74) is -2.65. The van der Waals surface area contributed by atoms with Gasteiger partial charge in [-0.05, 0) is 97.8 Å². The second-order valence-corrected chi connectivity index (χ2v) is 19.6. The minimum Gasteiger partial charge on any atom is -0.483 e. The average molecular weight is 844 g/mol. The minimum absolute atomic E-state index is 0.0973. The topological polar surface area (TPSA) is 182 Å². The number of amides is 4. The van der Waals surface area contributed by atoms with Gasteiger partial charge >= 0.3 is 12.5 Å². The monoisotopic (exact) mass is 843 g/mol. The van der Waals surface area contributed by atoms with Gasteiger partial charge in [0.1, 0.15) is 34.8 Å². The molecule has 2 aromatic rings. The van der Waals surface area contributed by atoms with E-state index in [4.69, 9.17) is 9.47 Å². The summed E-state index contributed by atoms with van der Waals surface area (Å²) in [4.78, 5) is 62.5. The number of pyridine rings is 1. The Bertz CT molecular complexity index is 2300. The third kappa shape index (κ3) is 8.53. The molecular formula is C41H48F3N5O9S. The van der Waals surface area contributed by atoms with E-state index in [0.29, 0.717) is 60.7 Å². The zero-order chi connectivity index (χ0) is 42.8. The second-order valence-electron chi connectivity index (χ2n) is 17.4. The van der Waals surface area contributed by atoms with Crippen LogP contribution in [0.3, 0.4) is 0 Å². The van der Waals surface area contributed by atoms with E-state index < -0.39 is 85.4 Å². The Labute approximate surface area is 340 Å². The molecule has 1 saturated carbocycles. The van der Waals surface area contributed by atoms with Crippen molar-refractivity contribution in [2.24, 2.45) is 5.92 Å². The van der Waals surface area contributed by atoms with Crippen molar-refractivity contribution in [1.82, 2.24) is 25.2 Å². The number of hydrogen-bond acceptors (Lipinski definition) is 10. The molecule has 1 aromatic carbocycles. The average Bonchev–Trinajstić information content (AvgIpc) is 3.79. The maximum Gasteiger partial charge on any atom is 0.573 e. The maximum absolute atomic E-state index is 14.8. The van der Waals surface area contributed by atoms with Crippen molar-refractivity contribution in [2.75, 3.05) is 6.54 Å². The lowest BCUT2D eigenvalue weighted by molar-refractivity contribution is -0.274. The number of alkyl halides is 3. The van der Waals surface area contributed by atoms with Gasteiger partial charge in [0.15, 0.2) is 5.54 Å². The first kappa shape index (κ1) is 42.1. The minimum atomic E-state index is -4.92. The largest absolute Gasteiger partial charge is 0.573 e. The number of aryl methyl sites for hydroxylation is 2. The molecule has 59 heavy (non-hydrogen) atoms. The molecule has 5 atom stereocenters. The molecule has 3 aliphatic heterocycles. The molecule has 3 N–H and O–H groups in total. The van der Waals surface area contributed by atoms with Crippen LogP contribution in [0.2, 0.25) is 0 Å². The molecule has 0 unspecified atom stereocenters. The molecule has 1 spiro atoms. The number of carbonyl (C=O) groups is 4. The van der Waals surface area contributed by atoms with Gasteiger partial charge in [-0.25, -0.2) is 22.9 Å². The van der Waals surface area contributed by atoms with Crippen molar-refractivity contribution in [1.29, 1.82) is 0 Å². The normalized spacial score (nSPS) is 28.4. The molecule has 1 aromatic heterocycles. The van der Waals surface area contributed by atoms with Crippen molar-refractivity contribution in [2.45, 2.75) is 139 Å². The first-order valence-electron chi connectivity index (χ1n) is 19.8. The van der Waals surface area contributed by atoms with E-state index in [1.807, 2.05) is 6.08 Å². The number of rotatable bonds is 5. The molecule has 18 heteroatoms. The van der Waals surface area contributed by atoms with E-state index in [1.54, 1.807) is 33.8 Å². The summed E-state index contributed by atoms with van der Waals surface area (Å²) in [7, 11) is -4.14. The third-order valence-electron chi connectivity index (χ3n) is 11.6. The number of fused-ring (bicyclic) bond motifs is 5. The summed E-state index contributed by atoms with van der Waals surface area (Å²) in [6.45, 7) is 8.12. The molecule has 318 valence electrons. The molecular weight excluding hydrogens is 796 g/mol. The van der Waals surface area contributed by atoms with Gasteiger partial charge < -0.3 is 29.7 Å². The number of aromatic nitrogens is 1. The highest BCUT2D eigenvalue weighted by Gasteiger charge is 2.58. The number of nitrogens with zero attached hydrogens (tertiary/aromatic N) is 2. The molecule has 4 amide bonds. The van der Waals surface area contributed by atoms with Gasteiger partial charge in [0.05, 0.1) is 28.4 Å². The van der Waals surface area contributed by atoms with Crippen molar-refractivity contribution < 1.29 is 55.0 Å². The molecule has 7 rings (SSSR count). The van der Waals surface area contributed by atoms with Crippen LogP contribution in [0.4, 0.5) is 18.0 Å². The van der Waals surface area contributed by atoms with Gasteiger partial charge in [-0.3, -0.25) is 14.4 Å². The fraction of sp³-hybridized carbons (Fsp3) is 0.585. The number of alkyl carbamates (subject to hydrolysis) is 1. The van der Waals surface area contributed by atoms with E-state index in [-0.39, 0.29) is 38.0 Å². The summed E-state index contributed by atoms with van der Waals surface area (Å²) in [5, 5.41) is 5.85. The van der Waals surface area contributed by atoms with Crippen molar-refractivity contribution in [3.8, 4) is 23.3 Å². The van der Waals surface area contributed by atoms with Crippen LogP contribution < -0.4 is 24.8 Å². The van der Waals surface area contributed by atoms with Gasteiger partial charge in [0.2, 0.25) is 21.8 Å². The fourth-order valence-corrected chi connectivity index (χ4v) is 9.42. The number of nitrogens with one attached hydrogen (secondary N) is 3. The van der Waals surface area contributed by atoms with Crippen LogP contribution in [0, 0.1) is 24.7 Å². The Morgan fingerprint density at radius 2 is 1.85 bits per heavy atom. The first-order chi connectivity index (χ1) is 27.5. The zero-order valence-electron chi connectivity index (χ0n) is 33.5. The van der Waals surface area contributed by atoms with Gasteiger partial charge in [0, 0.05) is 17.4 Å².